The van der Waals surface area contributed by atoms with E-state index >= 15 is 0 Å². The molecule has 0 saturated heterocycles. The number of thiocarbonyl (C=S) groups is 1. The summed E-state index contributed by atoms with van der Waals surface area (Å²) in [7, 11) is -3.58. The molecule has 17 heavy (non-hydrogen) atoms. The Labute approximate surface area is 115 Å². The number of hydrogen-bond donors (Lipinski definition) is 2. The van der Waals surface area contributed by atoms with Crippen LogP contribution in [0.5, 0.6) is 0 Å². The van der Waals surface area contributed by atoms with Crippen molar-refractivity contribution in [1.29, 1.82) is 0 Å². The Morgan fingerprint density at radius 3 is 2.53 bits per heavy atom. The molecule has 4 nitrogen and oxygen atoms in total. The fourth-order valence-corrected chi connectivity index (χ4v) is 3.12. The highest BCUT2D eigenvalue weighted by Crippen LogP contribution is 2.20. The summed E-state index contributed by atoms with van der Waals surface area (Å²) in [5.41, 5.74) is 6.77. The Balaban J connectivity index is 3.02. The van der Waals surface area contributed by atoms with Crippen molar-refractivity contribution < 1.29 is 8.42 Å². The third-order valence-corrected chi connectivity index (χ3v) is 4.83. The zero-order valence-corrected chi connectivity index (χ0v) is 12.6. The zero-order chi connectivity index (χ0) is 13.2. The lowest BCUT2D eigenvalue weighted by molar-refractivity contribution is 0.598. The van der Waals surface area contributed by atoms with Gasteiger partial charge >= 0.3 is 0 Å². The highest BCUT2D eigenvalue weighted by Gasteiger charge is 2.23. The second kappa shape index (κ2) is 5.32. The van der Waals surface area contributed by atoms with Gasteiger partial charge in [0.2, 0.25) is 10.0 Å². The summed E-state index contributed by atoms with van der Waals surface area (Å²) < 4.78 is 27.0. The van der Waals surface area contributed by atoms with Gasteiger partial charge in [0.25, 0.3) is 0 Å². The zero-order valence-electron chi connectivity index (χ0n) is 9.40. The summed E-state index contributed by atoms with van der Waals surface area (Å²) in [6.45, 7) is 3.33. The van der Waals surface area contributed by atoms with Gasteiger partial charge in [-0.3, -0.25) is 4.72 Å². The summed E-state index contributed by atoms with van der Waals surface area (Å²) in [5, 5.41) is -0.906. The van der Waals surface area contributed by atoms with Crippen molar-refractivity contribution in [3.63, 3.8) is 0 Å². The van der Waals surface area contributed by atoms with Crippen LogP contribution in [0.4, 0.5) is 5.69 Å². The number of rotatable bonds is 4. The molecule has 1 rings (SSSR count). The maximum atomic E-state index is 11.9. The summed E-state index contributed by atoms with van der Waals surface area (Å²) in [5.74, 6) is 0. The highest BCUT2D eigenvalue weighted by molar-refractivity contribution is 9.10. The maximum Gasteiger partial charge on any atom is 0.241 e. The van der Waals surface area contributed by atoms with Crippen LogP contribution in [-0.2, 0) is 10.0 Å². The molecule has 0 fully saturated rings. The van der Waals surface area contributed by atoms with Gasteiger partial charge in [-0.1, -0.05) is 28.1 Å². The first kappa shape index (κ1) is 14.4. The molecule has 0 bridgehead atoms. The average molecular weight is 337 g/mol. The first-order valence-electron chi connectivity index (χ1n) is 4.80. The van der Waals surface area contributed by atoms with Gasteiger partial charge in [0.05, 0.1) is 4.99 Å². The second-order valence-corrected chi connectivity index (χ2v) is 7.10. The number of benzene rings is 1. The number of sulfonamides is 1. The average Bonchev–Trinajstić information content (AvgIpc) is 2.13. The van der Waals surface area contributed by atoms with Crippen molar-refractivity contribution in [1.82, 2.24) is 0 Å². The standard InChI is InChI=1S/C10H13BrN2O2S2/c1-6-3-8(11)5-9(4-6)13-17(14,15)7(2)10(12)16/h3-5,7,13H,1-2H3,(H2,12,16). The lowest BCUT2D eigenvalue weighted by Gasteiger charge is -2.14. The van der Waals surface area contributed by atoms with Crippen LogP contribution >= 0.6 is 28.1 Å². The molecule has 0 heterocycles. The van der Waals surface area contributed by atoms with E-state index < -0.39 is 15.3 Å². The Bertz CT molecular complexity index is 523. The molecule has 0 saturated carbocycles. The summed E-state index contributed by atoms with van der Waals surface area (Å²) in [6.07, 6.45) is 0. The van der Waals surface area contributed by atoms with Crippen LogP contribution in [0.25, 0.3) is 0 Å². The van der Waals surface area contributed by atoms with Crippen LogP contribution in [0.1, 0.15) is 12.5 Å². The Morgan fingerprint density at radius 2 is 2.06 bits per heavy atom. The van der Waals surface area contributed by atoms with Crippen molar-refractivity contribution >= 4 is 48.8 Å². The van der Waals surface area contributed by atoms with Crippen LogP contribution in [0, 0.1) is 6.92 Å². The van der Waals surface area contributed by atoms with Crippen molar-refractivity contribution in [2.24, 2.45) is 5.73 Å². The predicted octanol–water partition coefficient (Wildman–Crippen LogP) is 2.17. The van der Waals surface area contributed by atoms with Crippen LogP contribution in [0.3, 0.4) is 0 Å². The number of nitrogens with two attached hydrogens (primary N) is 1. The molecule has 7 heteroatoms. The Hall–Kier alpha value is -0.660. The van der Waals surface area contributed by atoms with Crippen molar-refractivity contribution in [2.75, 3.05) is 4.72 Å². The fourth-order valence-electron chi connectivity index (χ4n) is 1.20. The molecular weight excluding hydrogens is 324 g/mol. The lowest BCUT2D eigenvalue weighted by Crippen LogP contribution is -2.35. The summed E-state index contributed by atoms with van der Waals surface area (Å²) in [4.78, 5) is -0.0516. The van der Waals surface area contributed by atoms with Gasteiger partial charge in [0.1, 0.15) is 5.25 Å². The van der Waals surface area contributed by atoms with Crippen LogP contribution in [0.15, 0.2) is 22.7 Å². The number of aryl methyl sites for hydroxylation is 1. The molecule has 1 aromatic carbocycles. The molecule has 1 atom stereocenters. The Morgan fingerprint density at radius 1 is 1.47 bits per heavy atom. The smallest absolute Gasteiger partial charge is 0.241 e. The van der Waals surface area contributed by atoms with Gasteiger partial charge in [-0.2, -0.15) is 0 Å². The maximum absolute atomic E-state index is 11.9. The van der Waals surface area contributed by atoms with E-state index in [9.17, 15) is 8.42 Å². The fraction of sp³-hybridized carbons (Fsp3) is 0.300. The molecule has 0 aromatic heterocycles. The first-order valence-corrected chi connectivity index (χ1v) is 7.55. The molecule has 0 aliphatic heterocycles. The van der Waals surface area contributed by atoms with E-state index in [4.69, 9.17) is 5.73 Å². The number of hydrogen-bond acceptors (Lipinski definition) is 3. The second-order valence-electron chi connectivity index (χ2n) is 3.71. The van der Waals surface area contributed by atoms with Crippen LogP contribution < -0.4 is 10.5 Å². The first-order chi connectivity index (χ1) is 7.72. The molecule has 0 aliphatic carbocycles. The van der Waals surface area contributed by atoms with E-state index in [1.54, 1.807) is 12.1 Å². The molecule has 0 amide bonds. The Kier molecular flexibility index (Phi) is 4.51. The van der Waals surface area contributed by atoms with Gasteiger partial charge in [0.15, 0.2) is 0 Å². The molecule has 3 N–H and O–H groups in total. The van der Waals surface area contributed by atoms with Gasteiger partial charge in [0, 0.05) is 10.2 Å². The topological polar surface area (TPSA) is 72.2 Å². The quantitative estimate of drug-likeness (QED) is 0.826. The number of nitrogens with one attached hydrogen (secondary N) is 1. The van der Waals surface area contributed by atoms with E-state index in [1.807, 2.05) is 13.0 Å². The normalized spacial score (nSPS) is 13.1. The van der Waals surface area contributed by atoms with Gasteiger partial charge < -0.3 is 5.73 Å². The van der Waals surface area contributed by atoms with Gasteiger partial charge in [-0.05, 0) is 37.6 Å². The van der Waals surface area contributed by atoms with E-state index in [0.29, 0.717) is 5.69 Å². The van der Waals surface area contributed by atoms with Gasteiger partial charge in [-0.25, -0.2) is 8.42 Å². The lowest BCUT2D eigenvalue weighted by atomic mass is 10.2. The van der Waals surface area contributed by atoms with E-state index in [2.05, 4.69) is 32.9 Å². The highest BCUT2D eigenvalue weighted by atomic mass is 79.9. The van der Waals surface area contributed by atoms with E-state index in [-0.39, 0.29) is 4.99 Å². The van der Waals surface area contributed by atoms with Crippen LogP contribution in [0.2, 0.25) is 0 Å². The minimum Gasteiger partial charge on any atom is -0.392 e. The molecule has 94 valence electrons. The van der Waals surface area contributed by atoms with Crippen molar-refractivity contribution in [3.8, 4) is 0 Å². The third kappa shape index (κ3) is 3.93. The number of anilines is 1. The molecule has 0 aliphatic rings. The SMILES string of the molecule is Cc1cc(Br)cc(NS(=O)(=O)C(C)C(N)=S)c1. The summed E-state index contributed by atoms with van der Waals surface area (Å²) >= 11 is 7.98. The van der Waals surface area contributed by atoms with Crippen LogP contribution in [-0.4, -0.2) is 18.7 Å². The molecule has 0 radical (unpaired) electrons. The third-order valence-electron chi connectivity index (χ3n) is 2.17. The minimum absolute atomic E-state index is 0.0516. The molecule has 1 aromatic rings. The minimum atomic E-state index is -3.58. The monoisotopic (exact) mass is 336 g/mol. The number of halogens is 1. The van der Waals surface area contributed by atoms with Crippen molar-refractivity contribution in [2.45, 2.75) is 19.1 Å². The van der Waals surface area contributed by atoms with E-state index in [0.717, 1.165) is 10.0 Å². The van der Waals surface area contributed by atoms with E-state index in [1.165, 1.54) is 6.92 Å². The predicted molar refractivity (Wildman–Crippen MR) is 77.7 cm³/mol. The molecular formula is C10H13BrN2O2S2. The molecule has 0 spiro atoms. The molecule has 1 unspecified atom stereocenters. The van der Waals surface area contributed by atoms with Crippen molar-refractivity contribution in [3.05, 3.63) is 28.2 Å². The summed E-state index contributed by atoms with van der Waals surface area (Å²) in [6, 6.07) is 5.29. The van der Waals surface area contributed by atoms with Gasteiger partial charge in [-0.15, -0.1) is 0 Å². The largest absolute Gasteiger partial charge is 0.392 e.